The van der Waals surface area contributed by atoms with E-state index in [1.54, 1.807) is 0 Å². The Labute approximate surface area is 109 Å². The number of nitrogens with one attached hydrogen (secondary N) is 1. The van der Waals surface area contributed by atoms with E-state index >= 15 is 0 Å². The lowest BCUT2D eigenvalue weighted by Crippen LogP contribution is -2.45. The first-order valence-electron chi connectivity index (χ1n) is 6.32. The van der Waals surface area contributed by atoms with Gasteiger partial charge in [0.15, 0.2) is 0 Å². The average molecular weight is 263 g/mol. The van der Waals surface area contributed by atoms with E-state index in [1.807, 2.05) is 11.9 Å². The Morgan fingerprint density at radius 1 is 1.47 bits per heavy atom. The van der Waals surface area contributed by atoms with Crippen LogP contribution in [0.15, 0.2) is 0 Å². The van der Waals surface area contributed by atoms with E-state index in [4.69, 9.17) is 4.74 Å². The lowest BCUT2D eigenvalue weighted by molar-refractivity contribution is -0.137. The number of carbonyl (C=O) groups is 1. The molecule has 0 bridgehead atoms. The lowest BCUT2D eigenvalue weighted by Gasteiger charge is -2.34. The van der Waals surface area contributed by atoms with Gasteiger partial charge < -0.3 is 15.0 Å². The van der Waals surface area contributed by atoms with Crippen molar-refractivity contribution in [2.24, 2.45) is 11.8 Å². The van der Waals surface area contributed by atoms with Gasteiger partial charge in [0.1, 0.15) is 0 Å². The van der Waals surface area contributed by atoms with E-state index in [1.165, 1.54) is 6.42 Å². The molecule has 100 valence electrons. The quantitative estimate of drug-likeness (QED) is 0.822. The molecule has 2 aliphatic rings. The second kappa shape index (κ2) is 7.19. The SMILES string of the molecule is CNCC1CCCN(C(=O)C2CCOC2)C1.Cl. The largest absolute Gasteiger partial charge is 0.381 e. The van der Waals surface area contributed by atoms with Gasteiger partial charge >= 0.3 is 0 Å². The Bertz CT molecular complexity index is 243. The number of halogens is 1. The van der Waals surface area contributed by atoms with Crippen LogP contribution < -0.4 is 5.32 Å². The molecular weight excluding hydrogens is 240 g/mol. The predicted molar refractivity (Wildman–Crippen MR) is 69.4 cm³/mol. The first-order valence-corrected chi connectivity index (χ1v) is 6.32. The van der Waals surface area contributed by atoms with Crippen molar-refractivity contribution >= 4 is 18.3 Å². The van der Waals surface area contributed by atoms with Crippen LogP contribution in [0.2, 0.25) is 0 Å². The minimum atomic E-state index is 0. The third-order valence-corrected chi connectivity index (χ3v) is 3.60. The normalized spacial score (nSPS) is 28.9. The molecule has 2 saturated heterocycles. The molecule has 1 N–H and O–H groups in total. The van der Waals surface area contributed by atoms with Crippen LogP contribution in [0.1, 0.15) is 19.3 Å². The average Bonchev–Trinajstić information content (AvgIpc) is 2.82. The van der Waals surface area contributed by atoms with E-state index in [9.17, 15) is 4.79 Å². The highest BCUT2D eigenvalue weighted by Crippen LogP contribution is 2.21. The van der Waals surface area contributed by atoms with Crippen LogP contribution in [0.25, 0.3) is 0 Å². The summed E-state index contributed by atoms with van der Waals surface area (Å²) in [5.74, 6) is 1.08. The molecule has 5 heteroatoms. The summed E-state index contributed by atoms with van der Waals surface area (Å²) in [4.78, 5) is 14.2. The number of piperidine rings is 1. The molecule has 0 aromatic heterocycles. The zero-order valence-corrected chi connectivity index (χ0v) is 11.3. The van der Waals surface area contributed by atoms with Crippen LogP contribution in [0.5, 0.6) is 0 Å². The Hall–Kier alpha value is -0.320. The van der Waals surface area contributed by atoms with Crippen molar-refractivity contribution in [3.63, 3.8) is 0 Å². The Kier molecular flexibility index (Phi) is 6.23. The van der Waals surface area contributed by atoms with Gasteiger partial charge in [-0.1, -0.05) is 0 Å². The topological polar surface area (TPSA) is 41.6 Å². The maximum Gasteiger partial charge on any atom is 0.228 e. The number of nitrogens with zero attached hydrogens (tertiary/aromatic N) is 1. The standard InChI is InChI=1S/C12H22N2O2.ClH/c1-13-7-10-3-2-5-14(8-10)12(15)11-4-6-16-9-11;/h10-11,13H,2-9H2,1H3;1H. The van der Waals surface area contributed by atoms with Crippen molar-refractivity contribution in [2.75, 3.05) is 39.9 Å². The summed E-state index contributed by atoms with van der Waals surface area (Å²) in [5, 5.41) is 3.20. The molecule has 0 radical (unpaired) electrons. The number of ether oxygens (including phenoxy) is 1. The van der Waals surface area contributed by atoms with Crippen LogP contribution in [0.4, 0.5) is 0 Å². The third kappa shape index (κ3) is 3.83. The van der Waals surface area contributed by atoms with Crippen molar-refractivity contribution in [1.82, 2.24) is 10.2 Å². The molecule has 2 fully saturated rings. The van der Waals surface area contributed by atoms with Gasteiger partial charge in [-0.05, 0) is 38.8 Å². The van der Waals surface area contributed by atoms with Crippen molar-refractivity contribution in [3.8, 4) is 0 Å². The summed E-state index contributed by atoms with van der Waals surface area (Å²) >= 11 is 0. The van der Waals surface area contributed by atoms with Gasteiger partial charge in [0.2, 0.25) is 5.91 Å². The second-order valence-electron chi connectivity index (χ2n) is 4.91. The predicted octanol–water partition coefficient (Wildman–Crippen LogP) is 0.903. The van der Waals surface area contributed by atoms with Gasteiger partial charge in [0, 0.05) is 19.7 Å². The van der Waals surface area contributed by atoms with Crippen LogP contribution in [-0.2, 0) is 9.53 Å². The van der Waals surface area contributed by atoms with Crippen LogP contribution in [-0.4, -0.2) is 50.7 Å². The molecule has 0 aliphatic carbocycles. The number of hydrogen-bond acceptors (Lipinski definition) is 3. The fourth-order valence-electron chi connectivity index (χ4n) is 2.71. The zero-order chi connectivity index (χ0) is 11.4. The summed E-state index contributed by atoms with van der Waals surface area (Å²) in [5.41, 5.74) is 0. The fraction of sp³-hybridized carbons (Fsp3) is 0.917. The summed E-state index contributed by atoms with van der Waals surface area (Å²) in [6.07, 6.45) is 3.30. The number of amides is 1. The van der Waals surface area contributed by atoms with Gasteiger partial charge in [-0.15, -0.1) is 12.4 Å². The van der Waals surface area contributed by atoms with E-state index in [2.05, 4.69) is 5.32 Å². The van der Waals surface area contributed by atoms with Crippen molar-refractivity contribution < 1.29 is 9.53 Å². The number of carbonyl (C=O) groups excluding carboxylic acids is 1. The maximum absolute atomic E-state index is 12.2. The highest BCUT2D eigenvalue weighted by Gasteiger charge is 2.30. The summed E-state index contributed by atoms with van der Waals surface area (Å²) in [6, 6.07) is 0. The molecule has 0 saturated carbocycles. The molecule has 2 unspecified atom stereocenters. The van der Waals surface area contributed by atoms with E-state index in [0.717, 1.165) is 39.1 Å². The highest BCUT2D eigenvalue weighted by atomic mass is 35.5. The molecule has 0 spiro atoms. The lowest BCUT2D eigenvalue weighted by atomic mass is 9.96. The van der Waals surface area contributed by atoms with Gasteiger partial charge in [-0.2, -0.15) is 0 Å². The molecule has 2 atom stereocenters. The molecule has 2 rings (SSSR count). The van der Waals surface area contributed by atoms with Crippen molar-refractivity contribution in [1.29, 1.82) is 0 Å². The molecule has 2 aliphatic heterocycles. The summed E-state index contributed by atoms with van der Waals surface area (Å²) in [7, 11) is 1.98. The molecule has 0 aromatic rings. The van der Waals surface area contributed by atoms with Gasteiger partial charge in [0.25, 0.3) is 0 Å². The number of hydrogen-bond donors (Lipinski definition) is 1. The van der Waals surface area contributed by atoms with Crippen molar-refractivity contribution in [3.05, 3.63) is 0 Å². The second-order valence-corrected chi connectivity index (χ2v) is 4.91. The molecule has 17 heavy (non-hydrogen) atoms. The smallest absolute Gasteiger partial charge is 0.228 e. The third-order valence-electron chi connectivity index (χ3n) is 3.60. The molecule has 0 aromatic carbocycles. The van der Waals surface area contributed by atoms with Gasteiger partial charge in [-0.3, -0.25) is 4.79 Å². The number of likely N-dealkylation sites (tertiary alicyclic amines) is 1. The highest BCUT2D eigenvalue weighted by molar-refractivity contribution is 5.85. The van der Waals surface area contributed by atoms with Crippen LogP contribution in [0.3, 0.4) is 0 Å². The maximum atomic E-state index is 12.2. The van der Waals surface area contributed by atoms with E-state index in [-0.39, 0.29) is 18.3 Å². The van der Waals surface area contributed by atoms with Gasteiger partial charge in [-0.25, -0.2) is 0 Å². The van der Waals surface area contributed by atoms with E-state index < -0.39 is 0 Å². The first kappa shape index (κ1) is 14.7. The van der Waals surface area contributed by atoms with Crippen LogP contribution in [0, 0.1) is 11.8 Å². The Morgan fingerprint density at radius 2 is 2.29 bits per heavy atom. The molecule has 1 amide bonds. The Morgan fingerprint density at radius 3 is 2.94 bits per heavy atom. The number of rotatable bonds is 3. The van der Waals surface area contributed by atoms with Crippen molar-refractivity contribution in [2.45, 2.75) is 19.3 Å². The monoisotopic (exact) mass is 262 g/mol. The zero-order valence-electron chi connectivity index (χ0n) is 10.5. The summed E-state index contributed by atoms with van der Waals surface area (Å²) < 4.78 is 5.28. The minimum Gasteiger partial charge on any atom is -0.381 e. The minimum absolute atomic E-state index is 0. The first-order chi connectivity index (χ1) is 7.81. The molecule has 4 nitrogen and oxygen atoms in total. The van der Waals surface area contributed by atoms with Gasteiger partial charge in [0.05, 0.1) is 12.5 Å². The Balaban J connectivity index is 0.00000144. The fourth-order valence-corrected chi connectivity index (χ4v) is 2.71. The van der Waals surface area contributed by atoms with E-state index in [0.29, 0.717) is 18.4 Å². The summed E-state index contributed by atoms with van der Waals surface area (Å²) in [6.45, 7) is 4.27. The molecule has 2 heterocycles. The van der Waals surface area contributed by atoms with Crippen LogP contribution >= 0.6 is 12.4 Å². The molecular formula is C12H23ClN2O2.